The van der Waals surface area contributed by atoms with Gasteiger partial charge in [-0.2, -0.15) is 10.4 Å². The number of nitrogens with two attached hydrogens (primary N) is 1. The molecule has 11 heteroatoms. The van der Waals surface area contributed by atoms with Gasteiger partial charge in [0.25, 0.3) is 0 Å². The third-order valence-electron chi connectivity index (χ3n) is 7.41. The minimum atomic E-state index is -0.480. The Morgan fingerprint density at radius 3 is 2.59 bits per heavy atom. The highest BCUT2D eigenvalue weighted by Crippen LogP contribution is 2.42. The summed E-state index contributed by atoms with van der Waals surface area (Å²) in [6.45, 7) is 3.27. The Balaban J connectivity index is 1.30. The lowest BCUT2D eigenvalue weighted by atomic mass is 9.85. The van der Waals surface area contributed by atoms with Gasteiger partial charge in [-0.1, -0.05) is 36.0 Å². The van der Waals surface area contributed by atoms with E-state index in [-0.39, 0.29) is 5.54 Å². The van der Waals surface area contributed by atoms with Crippen LogP contribution in [0.25, 0.3) is 22.2 Å². The lowest BCUT2D eigenvalue weighted by Gasteiger charge is -2.49. The molecule has 3 aromatic heterocycles. The summed E-state index contributed by atoms with van der Waals surface area (Å²) in [5.41, 5.74) is 9.58. The predicted molar refractivity (Wildman–Crippen MR) is 150 cm³/mol. The van der Waals surface area contributed by atoms with Gasteiger partial charge in [0.1, 0.15) is 23.7 Å². The molecule has 4 heterocycles. The second-order valence-corrected chi connectivity index (χ2v) is 11.3. The van der Waals surface area contributed by atoms with E-state index in [1.54, 1.807) is 13.3 Å². The Bertz CT molecular complexity index is 1590. The molecule has 6 rings (SSSR count). The van der Waals surface area contributed by atoms with Crippen LogP contribution in [-0.2, 0) is 0 Å². The van der Waals surface area contributed by atoms with Gasteiger partial charge in [-0.05, 0) is 31.4 Å². The van der Waals surface area contributed by atoms with Gasteiger partial charge in [0.15, 0.2) is 11.5 Å². The van der Waals surface area contributed by atoms with Crippen molar-refractivity contribution in [1.82, 2.24) is 20.2 Å². The molecule has 1 atom stereocenters. The fourth-order valence-electron chi connectivity index (χ4n) is 5.37. The Morgan fingerprint density at radius 2 is 1.92 bits per heavy atom. The molecule has 1 saturated carbocycles. The van der Waals surface area contributed by atoms with Crippen LogP contribution >= 0.6 is 23.2 Å². The maximum Gasteiger partial charge on any atom is 0.162 e. The number of aromatic nitrogens is 4. The van der Waals surface area contributed by atoms with E-state index in [9.17, 15) is 5.26 Å². The first-order valence-electron chi connectivity index (χ1n) is 12.7. The first-order valence-corrected chi connectivity index (χ1v) is 13.5. The van der Waals surface area contributed by atoms with Crippen LogP contribution in [0.1, 0.15) is 43.4 Å². The number of nitrogens with zero attached hydrogens (tertiary/aromatic N) is 5. The molecule has 0 unspecified atom stereocenters. The van der Waals surface area contributed by atoms with Gasteiger partial charge in [0.05, 0.1) is 33.8 Å². The Kier molecular flexibility index (Phi) is 6.50. The zero-order valence-electron chi connectivity index (χ0n) is 21.5. The highest BCUT2D eigenvalue weighted by atomic mass is 35.5. The normalized spacial score (nSPS) is 17.0. The lowest BCUT2D eigenvalue weighted by molar-refractivity contribution is 0.216. The Hall–Kier alpha value is -3.58. The van der Waals surface area contributed by atoms with Crippen molar-refractivity contribution < 1.29 is 9.47 Å². The van der Waals surface area contributed by atoms with Gasteiger partial charge in [0, 0.05) is 54.3 Å². The largest absolute Gasteiger partial charge is 0.493 e. The number of halogens is 2. The van der Waals surface area contributed by atoms with E-state index < -0.39 is 6.10 Å². The fraction of sp³-hybridized carbons (Fsp3) is 0.357. The highest BCUT2D eigenvalue weighted by molar-refractivity contribution is 6.35. The van der Waals surface area contributed by atoms with Crippen molar-refractivity contribution >= 4 is 39.9 Å². The van der Waals surface area contributed by atoms with Crippen LogP contribution in [0, 0.1) is 17.2 Å². The van der Waals surface area contributed by atoms with Crippen LogP contribution in [0.2, 0.25) is 10.0 Å². The summed E-state index contributed by atoms with van der Waals surface area (Å²) in [6, 6.07) is 7.79. The number of rotatable bonds is 8. The molecule has 0 bridgehead atoms. The summed E-state index contributed by atoms with van der Waals surface area (Å²) in [5.74, 6) is 2.42. The standard InChI is InChI=1S/C28H27Cl2N7O2/c1-15(25-20(29)11-33-12-21(25)30)39-24-6-19-22(7-23(24)38-2)35-36-26(19)18-5-17(9-31)27(34-10-18)37-13-28(32,14-37)8-16-3-4-16/h5-7,10-12,15-16H,3-4,8,13-14,32H2,1-2H3,(H,35,36)/t15-/m1/s1. The number of H-pyrrole nitrogens is 1. The smallest absolute Gasteiger partial charge is 0.162 e. The van der Waals surface area contributed by atoms with Crippen molar-refractivity contribution in [2.24, 2.45) is 11.7 Å². The zero-order valence-corrected chi connectivity index (χ0v) is 23.1. The van der Waals surface area contributed by atoms with Gasteiger partial charge in [0.2, 0.25) is 0 Å². The monoisotopic (exact) mass is 563 g/mol. The minimum absolute atomic E-state index is 0.191. The molecule has 2 aliphatic rings. The predicted octanol–water partition coefficient (Wildman–Crippen LogP) is 5.66. The summed E-state index contributed by atoms with van der Waals surface area (Å²) >= 11 is 12.7. The molecule has 1 saturated heterocycles. The molecule has 1 aromatic carbocycles. The van der Waals surface area contributed by atoms with E-state index >= 15 is 0 Å². The molecular weight excluding hydrogens is 537 g/mol. The molecule has 4 aromatic rings. The average molecular weight is 564 g/mol. The van der Waals surface area contributed by atoms with Crippen molar-refractivity contribution in [3.63, 3.8) is 0 Å². The number of hydrogen-bond donors (Lipinski definition) is 2. The van der Waals surface area contributed by atoms with E-state index in [1.165, 1.54) is 25.2 Å². The molecule has 0 amide bonds. The zero-order chi connectivity index (χ0) is 27.3. The highest BCUT2D eigenvalue weighted by Gasteiger charge is 2.44. The van der Waals surface area contributed by atoms with Gasteiger partial charge in [-0.25, -0.2) is 4.98 Å². The van der Waals surface area contributed by atoms with Crippen LogP contribution in [0.5, 0.6) is 11.5 Å². The first kappa shape index (κ1) is 25.7. The van der Waals surface area contributed by atoms with Gasteiger partial charge in [-0.15, -0.1) is 0 Å². The van der Waals surface area contributed by atoms with Crippen LogP contribution in [-0.4, -0.2) is 45.9 Å². The van der Waals surface area contributed by atoms with Crippen LogP contribution in [0.4, 0.5) is 5.82 Å². The quantitative estimate of drug-likeness (QED) is 0.281. The molecule has 9 nitrogen and oxygen atoms in total. The van der Waals surface area contributed by atoms with Gasteiger partial charge >= 0.3 is 0 Å². The number of pyridine rings is 2. The third kappa shape index (κ3) is 4.84. The number of ether oxygens (including phenoxy) is 2. The Labute approximate surface area is 235 Å². The summed E-state index contributed by atoms with van der Waals surface area (Å²) in [5, 5.41) is 19.1. The number of aromatic amines is 1. The number of nitriles is 1. The van der Waals surface area contributed by atoms with Crippen molar-refractivity contribution in [2.45, 2.75) is 37.8 Å². The molecule has 200 valence electrons. The molecule has 2 fully saturated rings. The summed E-state index contributed by atoms with van der Waals surface area (Å²) < 4.78 is 11.9. The topological polar surface area (TPSA) is 126 Å². The number of fused-ring (bicyclic) bond motifs is 1. The number of benzene rings is 1. The molecule has 39 heavy (non-hydrogen) atoms. The number of hydrogen-bond acceptors (Lipinski definition) is 8. The second-order valence-electron chi connectivity index (χ2n) is 10.5. The third-order valence-corrected chi connectivity index (χ3v) is 8.01. The SMILES string of the molecule is COc1cc2[nH]nc(-c3cnc(N4CC(N)(CC5CC5)C4)c(C#N)c3)c2cc1O[C@H](C)c1c(Cl)cncc1Cl. The van der Waals surface area contributed by atoms with E-state index in [4.69, 9.17) is 38.4 Å². The molecule has 0 radical (unpaired) electrons. The summed E-state index contributed by atoms with van der Waals surface area (Å²) in [4.78, 5) is 10.8. The molecular formula is C28H27Cl2N7O2. The number of methoxy groups -OCH3 is 1. The fourth-order valence-corrected chi connectivity index (χ4v) is 6.04. The van der Waals surface area contributed by atoms with Crippen LogP contribution in [0.3, 0.4) is 0 Å². The van der Waals surface area contributed by atoms with Gasteiger partial charge < -0.3 is 20.1 Å². The maximum absolute atomic E-state index is 9.93. The summed E-state index contributed by atoms with van der Waals surface area (Å²) in [6.07, 6.45) is 7.91. The minimum Gasteiger partial charge on any atom is -0.493 e. The molecule has 1 aliphatic carbocycles. The first-order chi connectivity index (χ1) is 18.8. The Morgan fingerprint density at radius 1 is 1.18 bits per heavy atom. The van der Waals surface area contributed by atoms with E-state index in [1.807, 2.05) is 25.1 Å². The van der Waals surface area contributed by atoms with Crippen LogP contribution in [0.15, 0.2) is 36.8 Å². The van der Waals surface area contributed by atoms with Crippen molar-refractivity contribution in [3.05, 3.63) is 58.0 Å². The average Bonchev–Trinajstić information content (AvgIpc) is 3.62. The second kappa shape index (κ2) is 9.87. The van der Waals surface area contributed by atoms with Gasteiger partial charge in [-0.3, -0.25) is 10.1 Å². The number of anilines is 1. The summed E-state index contributed by atoms with van der Waals surface area (Å²) in [7, 11) is 1.57. The van der Waals surface area contributed by atoms with E-state index in [0.717, 1.165) is 23.2 Å². The number of nitrogens with one attached hydrogen (secondary N) is 1. The molecule has 3 N–H and O–H groups in total. The molecule has 1 aliphatic heterocycles. The van der Waals surface area contributed by atoms with Crippen molar-refractivity contribution in [1.29, 1.82) is 5.26 Å². The van der Waals surface area contributed by atoms with E-state index in [2.05, 4.69) is 31.1 Å². The van der Waals surface area contributed by atoms with Crippen LogP contribution < -0.4 is 20.1 Å². The lowest BCUT2D eigenvalue weighted by Crippen LogP contribution is -2.68. The van der Waals surface area contributed by atoms with Crippen molar-refractivity contribution in [2.75, 3.05) is 25.1 Å². The van der Waals surface area contributed by atoms with Crippen molar-refractivity contribution in [3.8, 4) is 28.8 Å². The van der Waals surface area contributed by atoms with E-state index in [0.29, 0.717) is 62.8 Å². The molecule has 0 spiro atoms. The maximum atomic E-state index is 9.93.